The predicted molar refractivity (Wildman–Crippen MR) is 66.2 cm³/mol. The first-order valence-electron chi connectivity index (χ1n) is 5.65. The number of esters is 1. The van der Waals surface area contributed by atoms with E-state index in [0.717, 1.165) is 6.07 Å². The lowest BCUT2D eigenvalue weighted by Gasteiger charge is -2.16. The van der Waals surface area contributed by atoms with Crippen LogP contribution >= 0.6 is 0 Å². The molecule has 0 spiro atoms. The number of hydrogen-bond donors (Lipinski definition) is 1. The minimum absolute atomic E-state index is 0.108. The Labute approximate surface area is 115 Å². The molecule has 1 rings (SSSR count). The van der Waals surface area contributed by atoms with Crippen molar-refractivity contribution < 1.29 is 23.5 Å². The van der Waals surface area contributed by atoms with Gasteiger partial charge in [0.15, 0.2) is 6.04 Å². The van der Waals surface area contributed by atoms with E-state index < -0.39 is 23.7 Å². The van der Waals surface area contributed by atoms with Crippen molar-refractivity contribution in [3.8, 4) is 11.8 Å². The molecule has 0 saturated heterocycles. The van der Waals surface area contributed by atoms with Gasteiger partial charge in [0, 0.05) is 13.0 Å². The van der Waals surface area contributed by atoms with Crippen LogP contribution in [0.15, 0.2) is 18.2 Å². The fourth-order valence-electron chi connectivity index (χ4n) is 1.41. The van der Waals surface area contributed by atoms with Crippen LogP contribution in [0.2, 0.25) is 0 Å². The molecule has 1 atom stereocenters. The first-order valence-corrected chi connectivity index (χ1v) is 5.65. The number of benzene rings is 1. The quantitative estimate of drug-likeness (QED) is 0.804. The van der Waals surface area contributed by atoms with Gasteiger partial charge in [0.05, 0.1) is 12.7 Å². The highest BCUT2D eigenvalue weighted by atomic mass is 19.1. The predicted octanol–water partition coefficient (Wildman–Crippen LogP) is 0.754. The lowest BCUT2D eigenvalue weighted by atomic mass is 10.2. The Balaban J connectivity index is 2.72. The standard InChI is InChI=1S/C13H13FN2O4/c1-8(17)16-12(13(18)19-2)7-20-10-4-3-9(6-15)11(14)5-10/h3-5,12H,7H2,1-2H3,(H,16,17). The molecular weight excluding hydrogens is 267 g/mol. The van der Waals surface area contributed by atoms with Crippen LogP contribution in [0.5, 0.6) is 5.75 Å². The molecule has 1 N–H and O–H groups in total. The van der Waals surface area contributed by atoms with Crippen molar-refractivity contribution in [1.82, 2.24) is 5.32 Å². The maximum absolute atomic E-state index is 13.3. The first kappa shape index (κ1) is 15.4. The maximum Gasteiger partial charge on any atom is 0.331 e. The lowest BCUT2D eigenvalue weighted by Crippen LogP contribution is -2.44. The number of halogens is 1. The normalized spacial score (nSPS) is 11.1. The number of carbonyl (C=O) groups is 2. The number of carbonyl (C=O) groups excluding carboxylic acids is 2. The summed E-state index contributed by atoms with van der Waals surface area (Å²) in [5.41, 5.74) is -0.108. The number of nitriles is 1. The Morgan fingerprint density at radius 1 is 1.50 bits per heavy atom. The molecule has 0 aliphatic heterocycles. The third-order valence-corrected chi connectivity index (χ3v) is 2.34. The molecule has 1 aromatic rings. The van der Waals surface area contributed by atoms with Gasteiger partial charge in [-0.25, -0.2) is 9.18 Å². The summed E-state index contributed by atoms with van der Waals surface area (Å²) in [7, 11) is 1.18. The van der Waals surface area contributed by atoms with E-state index >= 15 is 0 Å². The van der Waals surface area contributed by atoms with Crippen LogP contribution in [-0.2, 0) is 14.3 Å². The van der Waals surface area contributed by atoms with Gasteiger partial charge < -0.3 is 14.8 Å². The zero-order valence-corrected chi connectivity index (χ0v) is 11.0. The number of methoxy groups -OCH3 is 1. The highest BCUT2D eigenvalue weighted by Crippen LogP contribution is 2.16. The molecule has 0 bridgehead atoms. The third-order valence-electron chi connectivity index (χ3n) is 2.34. The average molecular weight is 280 g/mol. The van der Waals surface area contributed by atoms with Gasteiger partial charge in [0.1, 0.15) is 24.2 Å². The van der Waals surface area contributed by atoms with Gasteiger partial charge in [0.2, 0.25) is 5.91 Å². The summed E-state index contributed by atoms with van der Waals surface area (Å²) in [4.78, 5) is 22.4. The molecule has 0 heterocycles. The summed E-state index contributed by atoms with van der Waals surface area (Å²) in [5, 5.41) is 10.9. The summed E-state index contributed by atoms with van der Waals surface area (Å²) < 4.78 is 23.1. The summed E-state index contributed by atoms with van der Waals surface area (Å²) in [5.74, 6) is -1.68. The van der Waals surface area contributed by atoms with Crippen molar-refractivity contribution in [3.63, 3.8) is 0 Å². The molecule has 0 saturated carbocycles. The second-order valence-electron chi connectivity index (χ2n) is 3.84. The van der Waals surface area contributed by atoms with E-state index in [-0.39, 0.29) is 17.9 Å². The van der Waals surface area contributed by atoms with Gasteiger partial charge in [-0.15, -0.1) is 0 Å². The molecule has 20 heavy (non-hydrogen) atoms. The minimum Gasteiger partial charge on any atom is -0.491 e. The largest absolute Gasteiger partial charge is 0.491 e. The molecule has 0 aliphatic rings. The van der Waals surface area contributed by atoms with Crippen molar-refractivity contribution in [2.75, 3.05) is 13.7 Å². The topological polar surface area (TPSA) is 88.4 Å². The zero-order valence-electron chi connectivity index (χ0n) is 11.0. The smallest absolute Gasteiger partial charge is 0.331 e. The van der Waals surface area contributed by atoms with E-state index in [2.05, 4.69) is 10.1 Å². The molecule has 0 aliphatic carbocycles. The fraction of sp³-hybridized carbons (Fsp3) is 0.308. The minimum atomic E-state index is -0.990. The number of hydrogen-bond acceptors (Lipinski definition) is 5. The average Bonchev–Trinajstić information content (AvgIpc) is 2.42. The molecule has 1 unspecified atom stereocenters. The number of amides is 1. The van der Waals surface area contributed by atoms with E-state index in [1.165, 1.54) is 26.2 Å². The lowest BCUT2D eigenvalue weighted by molar-refractivity contribution is -0.145. The molecule has 1 aromatic carbocycles. The van der Waals surface area contributed by atoms with Crippen LogP contribution < -0.4 is 10.1 Å². The number of nitrogens with zero attached hydrogens (tertiary/aromatic N) is 1. The van der Waals surface area contributed by atoms with Crippen molar-refractivity contribution >= 4 is 11.9 Å². The molecule has 106 valence electrons. The van der Waals surface area contributed by atoms with Crippen molar-refractivity contribution in [2.24, 2.45) is 0 Å². The second kappa shape index (κ2) is 7.09. The Morgan fingerprint density at radius 3 is 2.70 bits per heavy atom. The molecule has 0 radical (unpaired) electrons. The molecular formula is C13H13FN2O4. The molecule has 7 heteroatoms. The highest BCUT2D eigenvalue weighted by molar-refractivity contribution is 5.83. The van der Waals surface area contributed by atoms with Gasteiger partial charge in [-0.3, -0.25) is 4.79 Å². The summed E-state index contributed by atoms with van der Waals surface area (Å²) in [6.07, 6.45) is 0. The zero-order chi connectivity index (χ0) is 15.1. The van der Waals surface area contributed by atoms with E-state index in [9.17, 15) is 14.0 Å². The monoisotopic (exact) mass is 280 g/mol. The van der Waals surface area contributed by atoms with Crippen molar-refractivity contribution in [3.05, 3.63) is 29.6 Å². The van der Waals surface area contributed by atoms with Gasteiger partial charge in [-0.2, -0.15) is 5.26 Å². The van der Waals surface area contributed by atoms with Crippen LogP contribution in [0.1, 0.15) is 12.5 Å². The fourth-order valence-corrected chi connectivity index (χ4v) is 1.41. The summed E-state index contributed by atoms with van der Waals surface area (Å²) >= 11 is 0. The van der Waals surface area contributed by atoms with E-state index in [4.69, 9.17) is 10.00 Å². The van der Waals surface area contributed by atoms with Crippen LogP contribution in [-0.4, -0.2) is 31.6 Å². The van der Waals surface area contributed by atoms with E-state index in [0.29, 0.717) is 0 Å². The van der Waals surface area contributed by atoms with Crippen molar-refractivity contribution in [1.29, 1.82) is 5.26 Å². The third kappa shape index (κ3) is 4.24. The Morgan fingerprint density at radius 2 is 2.20 bits per heavy atom. The molecule has 6 nitrogen and oxygen atoms in total. The number of rotatable bonds is 5. The summed E-state index contributed by atoms with van der Waals surface area (Å²) in [6.45, 7) is 1.04. The number of ether oxygens (including phenoxy) is 2. The van der Waals surface area contributed by atoms with Crippen LogP contribution in [0.3, 0.4) is 0 Å². The van der Waals surface area contributed by atoms with Gasteiger partial charge >= 0.3 is 5.97 Å². The maximum atomic E-state index is 13.3. The number of nitrogens with one attached hydrogen (secondary N) is 1. The SMILES string of the molecule is COC(=O)C(COc1ccc(C#N)c(F)c1)NC(C)=O. The Hall–Kier alpha value is -2.62. The summed E-state index contributed by atoms with van der Waals surface area (Å²) in [6, 6.07) is 4.37. The Kier molecular flexibility index (Phi) is 5.47. The van der Waals surface area contributed by atoms with Crippen molar-refractivity contribution in [2.45, 2.75) is 13.0 Å². The van der Waals surface area contributed by atoms with E-state index in [1.807, 2.05) is 0 Å². The van der Waals surface area contributed by atoms with Gasteiger partial charge in [0.25, 0.3) is 0 Å². The van der Waals surface area contributed by atoms with Crippen LogP contribution in [0, 0.1) is 17.1 Å². The first-order chi connectivity index (χ1) is 9.47. The second-order valence-corrected chi connectivity index (χ2v) is 3.84. The van der Waals surface area contributed by atoms with Crippen LogP contribution in [0.4, 0.5) is 4.39 Å². The Bertz CT molecular complexity index is 554. The van der Waals surface area contributed by atoms with Crippen LogP contribution in [0.25, 0.3) is 0 Å². The molecule has 0 aromatic heterocycles. The molecule has 1 amide bonds. The van der Waals surface area contributed by atoms with E-state index in [1.54, 1.807) is 6.07 Å². The molecule has 0 fully saturated rings. The van der Waals surface area contributed by atoms with Gasteiger partial charge in [-0.1, -0.05) is 0 Å². The van der Waals surface area contributed by atoms with Gasteiger partial charge in [-0.05, 0) is 12.1 Å². The highest BCUT2D eigenvalue weighted by Gasteiger charge is 2.21.